The summed E-state index contributed by atoms with van der Waals surface area (Å²) >= 11 is 0. The highest BCUT2D eigenvalue weighted by molar-refractivity contribution is 6.74. The van der Waals surface area contributed by atoms with Gasteiger partial charge < -0.3 is 18.8 Å². The van der Waals surface area contributed by atoms with E-state index in [0.717, 1.165) is 12.8 Å². The average molecular weight is 510 g/mol. The van der Waals surface area contributed by atoms with E-state index in [9.17, 15) is 14.4 Å². The standard InChI is InChI=1S/C25H43N3O6Si/c1-11-12-15-32-21-19(29)13-14-27-20(21)22(30)26(17-28(27)23(31)34-24(3,4)5)18(2)16-33-35(9,10)25(6,7)8/h13-14,18H,11-12,15-17H2,1-10H3. The molecule has 0 saturated heterocycles. The molecule has 0 aromatic carbocycles. The van der Waals surface area contributed by atoms with Gasteiger partial charge in [-0.05, 0) is 52.2 Å². The maximum Gasteiger partial charge on any atom is 0.431 e. The van der Waals surface area contributed by atoms with Crippen molar-refractivity contribution in [3.8, 4) is 5.75 Å². The maximum atomic E-state index is 13.7. The van der Waals surface area contributed by atoms with Crippen molar-refractivity contribution in [2.45, 2.75) is 98.0 Å². The Kier molecular flexibility index (Phi) is 8.87. The van der Waals surface area contributed by atoms with Gasteiger partial charge in [-0.1, -0.05) is 34.1 Å². The smallest absolute Gasteiger partial charge is 0.431 e. The number of nitrogens with zero attached hydrogens (tertiary/aromatic N) is 3. The lowest BCUT2D eigenvalue weighted by atomic mass is 10.2. The fourth-order valence-electron chi connectivity index (χ4n) is 3.21. The Morgan fingerprint density at radius 2 is 1.77 bits per heavy atom. The number of rotatable bonds is 8. The number of carbonyl (C=O) groups is 2. The lowest BCUT2D eigenvalue weighted by Gasteiger charge is -2.42. The van der Waals surface area contributed by atoms with E-state index in [-0.39, 0.29) is 35.1 Å². The third-order valence-electron chi connectivity index (χ3n) is 6.42. The second kappa shape index (κ2) is 10.7. The number of ether oxygens (including phenoxy) is 2. The minimum Gasteiger partial charge on any atom is -0.487 e. The molecule has 2 heterocycles. The molecule has 9 nitrogen and oxygen atoms in total. The second-order valence-electron chi connectivity index (χ2n) is 11.6. The largest absolute Gasteiger partial charge is 0.487 e. The van der Waals surface area contributed by atoms with Crippen molar-refractivity contribution in [2.75, 3.05) is 24.9 Å². The zero-order valence-corrected chi connectivity index (χ0v) is 24.1. The first-order chi connectivity index (χ1) is 16.0. The summed E-state index contributed by atoms with van der Waals surface area (Å²) in [5.41, 5.74) is -1.12. The summed E-state index contributed by atoms with van der Waals surface area (Å²) in [5.74, 6) is -0.443. The van der Waals surface area contributed by atoms with Crippen molar-refractivity contribution < 1.29 is 23.5 Å². The molecule has 0 spiro atoms. The summed E-state index contributed by atoms with van der Waals surface area (Å²) in [4.78, 5) is 41.1. The first-order valence-corrected chi connectivity index (χ1v) is 15.2. The van der Waals surface area contributed by atoms with E-state index in [1.807, 2.05) is 13.8 Å². The van der Waals surface area contributed by atoms with Crippen LogP contribution in [-0.2, 0) is 9.16 Å². The quantitative estimate of drug-likeness (QED) is 0.372. The Morgan fingerprint density at radius 1 is 1.14 bits per heavy atom. The van der Waals surface area contributed by atoms with Crippen molar-refractivity contribution in [1.29, 1.82) is 0 Å². The Morgan fingerprint density at radius 3 is 2.31 bits per heavy atom. The molecule has 0 N–H and O–H groups in total. The minimum absolute atomic E-state index is 0.0153. The fourth-order valence-corrected chi connectivity index (χ4v) is 4.30. The summed E-state index contributed by atoms with van der Waals surface area (Å²) in [6.45, 7) is 20.6. The SMILES string of the molecule is CCCCOc1c2n(ccc1=O)N(C(=O)OC(C)(C)C)CN(C(C)CO[Si](C)(C)C(C)(C)C)C2=O. The zero-order valence-electron chi connectivity index (χ0n) is 23.1. The van der Waals surface area contributed by atoms with Crippen LogP contribution in [0.15, 0.2) is 17.1 Å². The van der Waals surface area contributed by atoms with Crippen LogP contribution in [0.3, 0.4) is 0 Å². The molecule has 0 fully saturated rings. The summed E-state index contributed by atoms with van der Waals surface area (Å²) in [7, 11) is -2.06. The van der Waals surface area contributed by atoms with Crippen molar-refractivity contribution in [1.82, 2.24) is 9.58 Å². The molecule has 1 aromatic heterocycles. The molecule has 0 saturated carbocycles. The van der Waals surface area contributed by atoms with Crippen molar-refractivity contribution >= 4 is 20.3 Å². The van der Waals surface area contributed by atoms with Gasteiger partial charge in [-0.15, -0.1) is 0 Å². The number of aromatic nitrogens is 1. The van der Waals surface area contributed by atoms with Gasteiger partial charge in [0.1, 0.15) is 12.3 Å². The van der Waals surface area contributed by atoms with Gasteiger partial charge in [0, 0.05) is 12.3 Å². The molecular formula is C25H43N3O6Si. The summed E-state index contributed by atoms with van der Waals surface area (Å²) < 4.78 is 19.1. The van der Waals surface area contributed by atoms with Crippen LogP contribution in [0.5, 0.6) is 5.75 Å². The van der Waals surface area contributed by atoms with Gasteiger partial charge in [0.15, 0.2) is 19.8 Å². The Balaban J connectivity index is 2.48. The van der Waals surface area contributed by atoms with Crippen LogP contribution in [0.1, 0.15) is 78.7 Å². The number of hydrogen-bond acceptors (Lipinski definition) is 6. The van der Waals surface area contributed by atoms with Crippen LogP contribution >= 0.6 is 0 Å². The average Bonchev–Trinajstić information content (AvgIpc) is 2.71. The van der Waals surface area contributed by atoms with Crippen molar-refractivity contribution in [3.05, 3.63) is 28.2 Å². The highest BCUT2D eigenvalue weighted by Crippen LogP contribution is 2.37. The normalized spacial score (nSPS) is 15.7. The van der Waals surface area contributed by atoms with E-state index in [1.54, 1.807) is 25.7 Å². The molecule has 0 radical (unpaired) electrons. The molecule has 0 aliphatic carbocycles. The van der Waals surface area contributed by atoms with E-state index in [0.29, 0.717) is 13.2 Å². The van der Waals surface area contributed by atoms with Crippen LogP contribution in [0.25, 0.3) is 0 Å². The Bertz CT molecular complexity index is 977. The molecular weight excluding hydrogens is 466 g/mol. The van der Waals surface area contributed by atoms with Gasteiger partial charge in [0.05, 0.1) is 19.3 Å². The molecule has 1 unspecified atom stereocenters. The molecule has 198 valence electrons. The predicted molar refractivity (Wildman–Crippen MR) is 139 cm³/mol. The molecule has 2 rings (SSSR count). The first-order valence-electron chi connectivity index (χ1n) is 12.3. The fraction of sp³-hybridized carbons (Fsp3) is 0.720. The monoisotopic (exact) mass is 509 g/mol. The van der Waals surface area contributed by atoms with Gasteiger partial charge in [0.2, 0.25) is 5.43 Å². The van der Waals surface area contributed by atoms with Gasteiger partial charge in [-0.2, -0.15) is 5.01 Å². The molecule has 35 heavy (non-hydrogen) atoms. The third kappa shape index (κ3) is 6.88. The van der Waals surface area contributed by atoms with Crippen LogP contribution in [0.4, 0.5) is 4.79 Å². The topological polar surface area (TPSA) is 90.3 Å². The first kappa shape index (κ1) is 28.9. The molecule has 2 amide bonds. The van der Waals surface area contributed by atoms with E-state index in [4.69, 9.17) is 13.9 Å². The highest BCUT2D eigenvalue weighted by atomic mass is 28.4. The van der Waals surface area contributed by atoms with Crippen LogP contribution in [0, 0.1) is 0 Å². The van der Waals surface area contributed by atoms with Gasteiger partial charge >= 0.3 is 6.09 Å². The molecule has 10 heteroatoms. The number of pyridine rings is 1. The Hall–Kier alpha value is -2.33. The van der Waals surface area contributed by atoms with Crippen molar-refractivity contribution in [3.63, 3.8) is 0 Å². The van der Waals surface area contributed by atoms with Crippen molar-refractivity contribution in [2.24, 2.45) is 0 Å². The van der Waals surface area contributed by atoms with Crippen LogP contribution < -0.4 is 15.2 Å². The number of fused-ring (bicyclic) bond motifs is 1. The lowest BCUT2D eigenvalue weighted by Crippen LogP contribution is -2.60. The Labute approximate surface area is 210 Å². The molecule has 0 bridgehead atoms. The molecule has 1 aromatic rings. The van der Waals surface area contributed by atoms with Crippen LogP contribution in [-0.4, -0.2) is 61.4 Å². The van der Waals surface area contributed by atoms with Gasteiger partial charge in [-0.25, -0.2) is 9.47 Å². The van der Waals surface area contributed by atoms with E-state index in [1.165, 1.54) is 21.9 Å². The number of carbonyl (C=O) groups excluding carboxylic acids is 2. The summed E-state index contributed by atoms with van der Waals surface area (Å²) in [5, 5.41) is 1.33. The molecule has 1 aliphatic heterocycles. The van der Waals surface area contributed by atoms with Gasteiger partial charge in [-0.3, -0.25) is 9.59 Å². The number of hydrogen-bond donors (Lipinski definition) is 0. The lowest BCUT2D eigenvalue weighted by molar-refractivity contribution is 0.0382. The van der Waals surface area contributed by atoms with Crippen LogP contribution in [0.2, 0.25) is 18.1 Å². The van der Waals surface area contributed by atoms with E-state index < -0.39 is 25.4 Å². The van der Waals surface area contributed by atoms with E-state index >= 15 is 0 Å². The van der Waals surface area contributed by atoms with E-state index in [2.05, 4.69) is 33.9 Å². The molecule has 1 atom stereocenters. The summed E-state index contributed by atoms with van der Waals surface area (Å²) in [6.07, 6.45) is 2.40. The highest BCUT2D eigenvalue weighted by Gasteiger charge is 2.41. The summed E-state index contributed by atoms with van der Waals surface area (Å²) in [6, 6.07) is 0.948. The predicted octanol–water partition coefficient (Wildman–Crippen LogP) is 4.72. The minimum atomic E-state index is -2.06. The number of amides is 2. The number of unbranched alkanes of at least 4 members (excludes halogenated alkanes) is 1. The molecule has 1 aliphatic rings. The third-order valence-corrected chi connectivity index (χ3v) is 10.9. The van der Waals surface area contributed by atoms with Gasteiger partial charge in [0.25, 0.3) is 5.91 Å². The second-order valence-corrected chi connectivity index (χ2v) is 16.4. The maximum absolute atomic E-state index is 13.7. The zero-order chi connectivity index (χ0) is 26.8.